The van der Waals surface area contributed by atoms with Gasteiger partial charge in [0.25, 0.3) is 0 Å². The van der Waals surface area contributed by atoms with Crippen LogP contribution < -0.4 is 0 Å². The molecule has 0 unspecified atom stereocenters. The molecule has 0 atom stereocenters. The molecule has 0 saturated carbocycles. The van der Waals surface area contributed by atoms with Crippen molar-refractivity contribution in [1.29, 1.82) is 5.26 Å². The third-order valence-corrected chi connectivity index (χ3v) is 2.99. The van der Waals surface area contributed by atoms with Crippen molar-refractivity contribution in [3.05, 3.63) is 60.2 Å². The summed E-state index contributed by atoms with van der Waals surface area (Å²) in [5.41, 5.74) is 3.15. The molecule has 2 aromatic heterocycles. The predicted molar refractivity (Wildman–Crippen MR) is 69.9 cm³/mol. The molecular formula is C15H10FN3. The van der Waals surface area contributed by atoms with E-state index in [-0.39, 0.29) is 12.2 Å². The maximum atomic E-state index is 13.0. The van der Waals surface area contributed by atoms with Gasteiger partial charge in [-0.25, -0.2) is 9.37 Å². The van der Waals surface area contributed by atoms with Crippen LogP contribution in [0.5, 0.6) is 0 Å². The lowest BCUT2D eigenvalue weighted by Gasteiger charge is -2.01. The van der Waals surface area contributed by atoms with Gasteiger partial charge in [0.2, 0.25) is 0 Å². The minimum atomic E-state index is -0.283. The Labute approximate surface area is 109 Å². The summed E-state index contributed by atoms with van der Waals surface area (Å²) < 4.78 is 14.9. The molecule has 3 aromatic rings. The average molecular weight is 251 g/mol. The first-order valence-corrected chi connectivity index (χ1v) is 5.88. The Balaban J connectivity index is 2.25. The van der Waals surface area contributed by atoms with Crippen LogP contribution in [0.1, 0.15) is 5.69 Å². The second kappa shape index (κ2) is 4.54. The molecule has 0 spiro atoms. The fourth-order valence-electron chi connectivity index (χ4n) is 2.13. The van der Waals surface area contributed by atoms with E-state index in [0.29, 0.717) is 0 Å². The smallest absolute Gasteiger partial charge is 0.137 e. The molecule has 92 valence electrons. The van der Waals surface area contributed by atoms with E-state index in [4.69, 9.17) is 5.26 Å². The molecule has 0 radical (unpaired) electrons. The second-order valence-corrected chi connectivity index (χ2v) is 4.18. The molecule has 0 aliphatic heterocycles. The highest BCUT2D eigenvalue weighted by molar-refractivity contribution is 5.66. The van der Waals surface area contributed by atoms with Crippen LogP contribution >= 0.6 is 0 Å². The third-order valence-electron chi connectivity index (χ3n) is 2.99. The van der Waals surface area contributed by atoms with Crippen molar-refractivity contribution < 1.29 is 4.39 Å². The van der Waals surface area contributed by atoms with Crippen LogP contribution in [0.25, 0.3) is 16.9 Å². The summed E-state index contributed by atoms with van der Waals surface area (Å²) in [5.74, 6) is -0.283. The molecule has 4 heteroatoms. The van der Waals surface area contributed by atoms with Crippen LogP contribution in [-0.2, 0) is 6.42 Å². The van der Waals surface area contributed by atoms with Crippen molar-refractivity contribution in [3.63, 3.8) is 0 Å². The van der Waals surface area contributed by atoms with Gasteiger partial charge in [-0.05, 0) is 36.4 Å². The van der Waals surface area contributed by atoms with Gasteiger partial charge in [-0.2, -0.15) is 5.26 Å². The Morgan fingerprint density at radius 3 is 2.68 bits per heavy atom. The molecule has 0 aliphatic carbocycles. The average Bonchev–Trinajstić information content (AvgIpc) is 2.79. The quantitative estimate of drug-likeness (QED) is 0.701. The van der Waals surface area contributed by atoms with Gasteiger partial charge in [0, 0.05) is 11.8 Å². The van der Waals surface area contributed by atoms with Crippen LogP contribution in [-0.4, -0.2) is 9.38 Å². The molecule has 3 nitrogen and oxygen atoms in total. The van der Waals surface area contributed by atoms with E-state index in [0.717, 1.165) is 22.6 Å². The number of nitrogens with zero attached hydrogens (tertiary/aromatic N) is 3. The lowest BCUT2D eigenvalue weighted by Crippen LogP contribution is -1.92. The summed E-state index contributed by atoms with van der Waals surface area (Å²) in [6, 6.07) is 14.0. The summed E-state index contributed by atoms with van der Waals surface area (Å²) in [7, 11) is 0. The summed E-state index contributed by atoms with van der Waals surface area (Å²) in [6.45, 7) is 0. The van der Waals surface area contributed by atoms with Crippen LogP contribution in [0, 0.1) is 17.1 Å². The molecular weight excluding hydrogens is 241 g/mol. The largest absolute Gasteiger partial charge is 0.302 e. The molecule has 1 aromatic carbocycles. The van der Waals surface area contributed by atoms with E-state index >= 15 is 0 Å². The second-order valence-electron chi connectivity index (χ2n) is 4.18. The van der Waals surface area contributed by atoms with E-state index in [1.807, 2.05) is 28.8 Å². The van der Waals surface area contributed by atoms with Crippen molar-refractivity contribution in [1.82, 2.24) is 9.38 Å². The van der Waals surface area contributed by atoms with Crippen molar-refractivity contribution in [2.45, 2.75) is 6.42 Å². The molecule has 2 heterocycles. The highest BCUT2D eigenvalue weighted by Gasteiger charge is 2.13. The van der Waals surface area contributed by atoms with Crippen molar-refractivity contribution in [2.75, 3.05) is 0 Å². The fraction of sp³-hybridized carbons (Fsp3) is 0.0667. The van der Waals surface area contributed by atoms with E-state index < -0.39 is 0 Å². The minimum Gasteiger partial charge on any atom is -0.302 e. The monoisotopic (exact) mass is 251 g/mol. The molecule has 0 bridgehead atoms. The lowest BCUT2D eigenvalue weighted by molar-refractivity contribution is 0.628. The zero-order chi connectivity index (χ0) is 13.2. The minimum absolute atomic E-state index is 0.262. The zero-order valence-corrected chi connectivity index (χ0v) is 10.0. The van der Waals surface area contributed by atoms with Crippen LogP contribution in [0.15, 0.2) is 48.7 Å². The normalized spacial score (nSPS) is 10.5. The van der Waals surface area contributed by atoms with E-state index in [1.165, 1.54) is 12.1 Å². The number of fused-ring (bicyclic) bond motifs is 1. The maximum Gasteiger partial charge on any atom is 0.137 e. The van der Waals surface area contributed by atoms with Crippen LogP contribution in [0.2, 0.25) is 0 Å². The highest BCUT2D eigenvalue weighted by Crippen LogP contribution is 2.24. The number of rotatable bonds is 2. The molecule has 0 N–H and O–H groups in total. The van der Waals surface area contributed by atoms with Gasteiger partial charge in [0.1, 0.15) is 11.5 Å². The maximum absolute atomic E-state index is 13.0. The SMILES string of the molecule is N#CCc1c(-c2ccc(F)cc2)nc2ccccn12. The molecule has 3 rings (SSSR count). The van der Waals surface area contributed by atoms with Crippen LogP contribution in [0.4, 0.5) is 4.39 Å². The first-order valence-electron chi connectivity index (χ1n) is 5.88. The predicted octanol–water partition coefficient (Wildman–Crippen LogP) is 3.21. The number of pyridine rings is 1. The number of hydrogen-bond donors (Lipinski definition) is 0. The van der Waals surface area contributed by atoms with E-state index in [1.54, 1.807) is 12.1 Å². The van der Waals surface area contributed by atoms with Gasteiger partial charge in [0.15, 0.2) is 0 Å². The Morgan fingerprint density at radius 2 is 1.95 bits per heavy atom. The molecule has 0 amide bonds. The number of imidazole rings is 1. The number of nitriles is 1. The summed E-state index contributed by atoms with van der Waals surface area (Å²) in [6.07, 6.45) is 2.14. The van der Waals surface area contributed by atoms with Gasteiger partial charge >= 0.3 is 0 Å². The number of aromatic nitrogens is 2. The number of benzene rings is 1. The summed E-state index contributed by atoms with van der Waals surface area (Å²) >= 11 is 0. The molecule has 0 aliphatic rings. The number of halogens is 1. The lowest BCUT2D eigenvalue weighted by atomic mass is 10.1. The van der Waals surface area contributed by atoms with Crippen molar-refractivity contribution in [3.8, 4) is 17.3 Å². The third kappa shape index (κ3) is 1.95. The van der Waals surface area contributed by atoms with Crippen LogP contribution in [0.3, 0.4) is 0 Å². The Hall–Kier alpha value is -2.67. The van der Waals surface area contributed by atoms with Crippen molar-refractivity contribution >= 4 is 5.65 Å². The molecule has 0 saturated heterocycles. The Bertz CT molecular complexity index is 766. The molecule has 19 heavy (non-hydrogen) atoms. The van der Waals surface area contributed by atoms with E-state index in [9.17, 15) is 4.39 Å². The fourth-order valence-corrected chi connectivity index (χ4v) is 2.13. The zero-order valence-electron chi connectivity index (χ0n) is 10.0. The topological polar surface area (TPSA) is 41.1 Å². The van der Waals surface area contributed by atoms with Gasteiger partial charge in [-0.1, -0.05) is 6.07 Å². The Kier molecular flexibility index (Phi) is 2.73. The first kappa shape index (κ1) is 11.4. The van der Waals surface area contributed by atoms with Crippen molar-refractivity contribution in [2.24, 2.45) is 0 Å². The first-order chi connectivity index (χ1) is 9.29. The van der Waals surface area contributed by atoms with Gasteiger partial charge in [-0.15, -0.1) is 0 Å². The molecule has 0 fully saturated rings. The van der Waals surface area contributed by atoms with E-state index in [2.05, 4.69) is 11.1 Å². The van der Waals surface area contributed by atoms with Gasteiger partial charge < -0.3 is 4.40 Å². The number of hydrogen-bond acceptors (Lipinski definition) is 2. The highest BCUT2D eigenvalue weighted by atomic mass is 19.1. The van der Waals surface area contributed by atoms with Gasteiger partial charge in [-0.3, -0.25) is 0 Å². The summed E-state index contributed by atoms with van der Waals surface area (Å²) in [5, 5.41) is 8.96. The summed E-state index contributed by atoms with van der Waals surface area (Å²) in [4.78, 5) is 4.52. The van der Waals surface area contributed by atoms with Gasteiger partial charge in [0.05, 0.1) is 23.9 Å². The standard InChI is InChI=1S/C15H10FN3/c16-12-6-4-11(5-7-12)15-13(8-9-17)19-10-2-1-3-14(19)18-15/h1-7,10H,8H2. The Morgan fingerprint density at radius 1 is 1.16 bits per heavy atom.